The minimum Gasteiger partial charge on any atom is -0.497 e. The second-order valence-corrected chi connectivity index (χ2v) is 7.32. The molecule has 0 aliphatic rings. The standard InChI is InChI=1S/C20H23N5O2S/c1-14-4-7-17(12-15(14)2)25-20(22-23-24-25)28-13-19(26)21-11-10-16-5-8-18(27-3)9-6-16/h4-9,12H,10-11,13H2,1-3H3,(H,21,26). The van der Waals surface area contributed by atoms with E-state index in [1.54, 1.807) is 11.8 Å². The van der Waals surface area contributed by atoms with E-state index in [-0.39, 0.29) is 11.7 Å². The molecule has 0 radical (unpaired) electrons. The van der Waals surface area contributed by atoms with Gasteiger partial charge in [-0.2, -0.15) is 4.68 Å². The second kappa shape index (κ2) is 9.36. The van der Waals surface area contributed by atoms with E-state index in [9.17, 15) is 4.79 Å². The monoisotopic (exact) mass is 397 g/mol. The fraction of sp³-hybridized carbons (Fsp3) is 0.300. The molecule has 0 saturated heterocycles. The lowest BCUT2D eigenvalue weighted by molar-refractivity contribution is -0.118. The number of aromatic nitrogens is 4. The van der Waals surface area contributed by atoms with Gasteiger partial charge < -0.3 is 10.1 Å². The van der Waals surface area contributed by atoms with E-state index in [1.807, 2.05) is 49.4 Å². The number of aryl methyl sites for hydroxylation is 2. The smallest absolute Gasteiger partial charge is 0.230 e. The Kier molecular flexibility index (Phi) is 6.65. The van der Waals surface area contributed by atoms with Crippen molar-refractivity contribution < 1.29 is 9.53 Å². The maximum absolute atomic E-state index is 12.1. The summed E-state index contributed by atoms with van der Waals surface area (Å²) in [5.41, 5.74) is 4.41. The lowest BCUT2D eigenvalue weighted by Crippen LogP contribution is -2.27. The summed E-state index contributed by atoms with van der Waals surface area (Å²) in [6, 6.07) is 13.9. The molecule has 0 spiro atoms. The Balaban J connectivity index is 1.49. The van der Waals surface area contributed by atoms with Gasteiger partial charge in [-0.25, -0.2) is 0 Å². The molecule has 0 unspecified atom stereocenters. The molecule has 0 aliphatic carbocycles. The van der Waals surface area contributed by atoms with Gasteiger partial charge in [0.15, 0.2) is 0 Å². The van der Waals surface area contributed by atoms with Crippen molar-refractivity contribution in [1.29, 1.82) is 0 Å². The van der Waals surface area contributed by atoms with E-state index in [4.69, 9.17) is 4.74 Å². The number of methoxy groups -OCH3 is 1. The lowest BCUT2D eigenvalue weighted by Gasteiger charge is -2.08. The molecule has 28 heavy (non-hydrogen) atoms. The van der Waals surface area contributed by atoms with Crippen molar-refractivity contribution in [2.45, 2.75) is 25.4 Å². The molecule has 2 aromatic carbocycles. The zero-order chi connectivity index (χ0) is 19.9. The highest BCUT2D eigenvalue weighted by Gasteiger charge is 2.12. The maximum atomic E-state index is 12.1. The van der Waals surface area contributed by atoms with Crippen LogP contribution < -0.4 is 10.1 Å². The van der Waals surface area contributed by atoms with Crippen LogP contribution in [0.4, 0.5) is 0 Å². The quantitative estimate of drug-likeness (QED) is 0.589. The lowest BCUT2D eigenvalue weighted by atomic mass is 10.1. The van der Waals surface area contributed by atoms with E-state index < -0.39 is 0 Å². The van der Waals surface area contributed by atoms with Crippen molar-refractivity contribution in [2.24, 2.45) is 0 Å². The Labute approximate surface area is 168 Å². The van der Waals surface area contributed by atoms with Crippen LogP contribution in [0.1, 0.15) is 16.7 Å². The predicted molar refractivity (Wildman–Crippen MR) is 109 cm³/mol. The van der Waals surface area contributed by atoms with Gasteiger partial charge in [-0.3, -0.25) is 4.79 Å². The number of hydrogen-bond donors (Lipinski definition) is 1. The predicted octanol–water partition coefficient (Wildman–Crippen LogP) is 2.74. The Morgan fingerprint density at radius 2 is 1.93 bits per heavy atom. The van der Waals surface area contributed by atoms with Crippen molar-refractivity contribution in [1.82, 2.24) is 25.5 Å². The molecule has 3 aromatic rings. The van der Waals surface area contributed by atoms with Gasteiger partial charge in [0.25, 0.3) is 0 Å². The van der Waals surface area contributed by atoms with Crippen LogP contribution in [0.25, 0.3) is 5.69 Å². The number of nitrogens with one attached hydrogen (secondary N) is 1. The molecular weight excluding hydrogens is 374 g/mol. The number of amides is 1. The molecule has 7 nitrogen and oxygen atoms in total. The molecular formula is C20H23N5O2S. The van der Waals surface area contributed by atoms with Gasteiger partial charge in [-0.05, 0) is 71.7 Å². The summed E-state index contributed by atoms with van der Waals surface area (Å²) >= 11 is 1.32. The van der Waals surface area contributed by atoms with Crippen LogP contribution >= 0.6 is 11.8 Å². The highest BCUT2D eigenvalue weighted by molar-refractivity contribution is 7.99. The second-order valence-electron chi connectivity index (χ2n) is 6.38. The first-order chi connectivity index (χ1) is 13.6. The van der Waals surface area contributed by atoms with Gasteiger partial charge in [0.1, 0.15) is 5.75 Å². The van der Waals surface area contributed by atoms with Crippen molar-refractivity contribution in [3.8, 4) is 11.4 Å². The zero-order valence-corrected chi connectivity index (χ0v) is 17.0. The average molecular weight is 398 g/mol. The van der Waals surface area contributed by atoms with Gasteiger partial charge in [0.05, 0.1) is 18.6 Å². The number of ether oxygens (including phenoxy) is 1. The van der Waals surface area contributed by atoms with Crippen LogP contribution in [-0.2, 0) is 11.2 Å². The normalized spacial score (nSPS) is 10.7. The number of carbonyl (C=O) groups is 1. The number of rotatable bonds is 8. The Morgan fingerprint density at radius 3 is 2.64 bits per heavy atom. The van der Waals surface area contributed by atoms with Gasteiger partial charge in [-0.15, -0.1) is 5.10 Å². The topological polar surface area (TPSA) is 81.9 Å². The fourth-order valence-electron chi connectivity index (χ4n) is 2.61. The Hall–Kier alpha value is -2.87. The molecule has 3 rings (SSSR count). The van der Waals surface area contributed by atoms with Crippen LogP contribution in [0.5, 0.6) is 5.75 Å². The minimum absolute atomic E-state index is 0.0480. The zero-order valence-electron chi connectivity index (χ0n) is 16.2. The van der Waals surface area contributed by atoms with E-state index in [2.05, 4.69) is 27.8 Å². The van der Waals surface area contributed by atoms with Crippen molar-refractivity contribution in [2.75, 3.05) is 19.4 Å². The molecule has 0 bridgehead atoms. The van der Waals surface area contributed by atoms with Gasteiger partial charge in [-0.1, -0.05) is 30.0 Å². The SMILES string of the molecule is COc1ccc(CCNC(=O)CSc2nnnn2-c2ccc(C)c(C)c2)cc1. The summed E-state index contributed by atoms with van der Waals surface area (Å²) in [5.74, 6) is 1.03. The molecule has 146 valence electrons. The molecule has 1 N–H and O–H groups in total. The fourth-order valence-corrected chi connectivity index (χ4v) is 3.33. The van der Waals surface area contributed by atoms with Gasteiger partial charge in [0, 0.05) is 6.54 Å². The molecule has 1 aromatic heterocycles. The summed E-state index contributed by atoms with van der Waals surface area (Å²) in [4.78, 5) is 12.1. The molecule has 8 heteroatoms. The number of benzene rings is 2. The molecule has 0 saturated carbocycles. The van der Waals surface area contributed by atoms with Crippen LogP contribution in [0, 0.1) is 13.8 Å². The number of nitrogens with zero attached hydrogens (tertiary/aromatic N) is 4. The third kappa shape index (κ3) is 5.10. The molecule has 0 fully saturated rings. The number of carbonyl (C=O) groups excluding carboxylic acids is 1. The van der Waals surface area contributed by atoms with Gasteiger partial charge >= 0.3 is 0 Å². The summed E-state index contributed by atoms with van der Waals surface area (Å²) in [5, 5.41) is 15.3. The van der Waals surface area contributed by atoms with E-state index in [0.717, 1.165) is 23.4 Å². The highest BCUT2D eigenvalue weighted by Crippen LogP contribution is 2.20. The summed E-state index contributed by atoms with van der Waals surface area (Å²) in [7, 11) is 1.64. The minimum atomic E-state index is -0.0480. The van der Waals surface area contributed by atoms with Gasteiger partial charge in [0.2, 0.25) is 11.1 Å². The summed E-state index contributed by atoms with van der Waals surface area (Å²) in [6.45, 7) is 4.69. The third-order valence-electron chi connectivity index (χ3n) is 4.40. The van der Waals surface area contributed by atoms with Crippen LogP contribution in [0.15, 0.2) is 47.6 Å². The highest BCUT2D eigenvalue weighted by atomic mass is 32.2. The largest absolute Gasteiger partial charge is 0.497 e. The van der Waals surface area contributed by atoms with E-state index >= 15 is 0 Å². The average Bonchev–Trinajstić information content (AvgIpc) is 3.17. The Morgan fingerprint density at radius 1 is 1.14 bits per heavy atom. The van der Waals surface area contributed by atoms with Crippen molar-refractivity contribution in [3.63, 3.8) is 0 Å². The Bertz CT molecular complexity index is 940. The van der Waals surface area contributed by atoms with Crippen LogP contribution in [0.2, 0.25) is 0 Å². The third-order valence-corrected chi connectivity index (χ3v) is 5.32. The first-order valence-corrected chi connectivity index (χ1v) is 9.94. The number of tetrazole rings is 1. The first kappa shape index (κ1) is 19.9. The molecule has 1 amide bonds. The van der Waals surface area contributed by atoms with Crippen molar-refractivity contribution in [3.05, 3.63) is 59.2 Å². The molecule has 1 heterocycles. The van der Waals surface area contributed by atoms with Crippen molar-refractivity contribution >= 4 is 17.7 Å². The molecule has 0 atom stereocenters. The van der Waals surface area contributed by atoms with Crippen LogP contribution in [0.3, 0.4) is 0 Å². The molecule has 0 aliphatic heterocycles. The van der Waals surface area contributed by atoms with E-state index in [0.29, 0.717) is 11.7 Å². The van der Waals surface area contributed by atoms with Crippen LogP contribution in [-0.4, -0.2) is 45.5 Å². The number of thioether (sulfide) groups is 1. The summed E-state index contributed by atoms with van der Waals surface area (Å²) in [6.07, 6.45) is 0.765. The first-order valence-electron chi connectivity index (χ1n) is 8.95. The van der Waals surface area contributed by atoms with E-state index in [1.165, 1.54) is 22.9 Å². The summed E-state index contributed by atoms with van der Waals surface area (Å²) < 4.78 is 6.80. The number of hydrogen-bond acceptors (Lipinski definition) is 6. The maximum Gasteiger partial charge on any atom is 0.230 e.